The van der Waals surface area contributed by atoms with Crippen molar-refractivity contribution in [3.8, 4) is 0 Å². The summed E-state index contributed by atoms with van der Waals surface area (Å²) in [7, 11) is 0. The molecule has 7 heteroatoms. The van der Waals surface area contributed by atoms with Crippen molar-refractivity contribution in [2.45, 2.75) is 6.92 Å². The number of amides is 3. The Labute approximate surface area is 132 Å². The molecule has 3 amide bonds. The van der Waals surface area contributed by atoms with E-state index in [1.165, 1.54) is 12.3 Å². The summed E-state index contributed by atoms with van der Waals surface area (Å²) in [6.45, 7) is 1.58. The van der Waals surface area contributed by atoms with Crippen LogP contribution in [0.25, 0.3) is 0 Å². The highest BCUT2D eigenvalue weighted by atomic mass is 16.2. The van der Waals surface area contributed by atoms with Gasteiger partial charge in [-0.3, -0.25) is 19.4 Å². The lowest BCUT2D eigenvalue weighted by atomic mass is 10.1. The van der Waals surface area contributed by atoms with E-state index in [0.717, 1.165) is 5.69 Å². The summed E-state index contributed by atoms with van der Waals surface area (Å²) in [5.41, 5.74) is 6.98. The van der Waals surface area contributed by atoms with Crippen LogP contribution in [0.1, 0.15) is 26.4 Å². The second-order valence-corrected chi connectivity index (χ2v) is 4.87. The van der Waals surface area contributed by atoms with Crippen LogP contribution >= 0.6 is 0 Å². The standard InChI is InChI=1S/C16H16N4O3/c1-10-5-6-12(8-18-10)16(23)20-13-4-2-3-11(7-13)15(22)19-9-14(17)21/h2-8H,9H2,1H3,(H2,17,21)(H,19,22)(H,20,23). The second-order valence-electron chi connectivity index (χ2n) is 4.87. The van der Waals surface area contributed by atoms with Gasteiger partial charge in [-0.25, -0.2) is 0 Å². The molecule has 0 fully saturated rings. The fourth-order valence-corrected chi connectivity index (χ4v) is 1.81. The molecule has 23 heavy (non-hydrogen) atoms. The maximum atomic E-state index is 12.1. The maximum absolute atomic E-state index is 12.1. The molecule has 0 atom stereocenters. The van der Waals surface area contributed by atoms with Crippen molar-refractivity contribution in [1.82, 2.24) is 10.3 Å². The van der Waals surface area contributed by atoms with Crippen LogP contribution in [-0.2, 0) is 4.79 Å². The summed E-state index contributed by atoms with van der Waals surface area (Å²) in [4.78, 5) is 38.7. The van der Waals surface area contributed by atoms with Gasteiger partial charge in [-0.05, 0) is 37.3 Å². The number of anilines is 1. The van der Waals surface area contributed by atoms with Crippen molar-refractivity contribution in [2.24, 2.45) is 5.73 Å². The molecule has 118 valence electrons. The zero-order valence-electron chi connectivity index (χ0n) is 12.5. The summed E-state index contributed by atoms with van der Waals surface area (Å²) in [6, 6.07) is 9.77. The van der Waals surface area contributed by atoms with Gasteiger partial charge in [-0.15, -0.1) is 0 Å². The van der Waals surface area contributed by atoms with Gasteiger partial charge in [0.25, 0.3) is 11.8 Å². The van der Waals surface area contributed by atoms with Gasteiger partial charge in [-0.1, -0.05) is 6.07 Å². The van der Waals surface area contributed by atoms with Crippen molar-refractivity contribution >= 4 is 23.4 Å². The number of aryl methyl sites for hydroxylation is 1. The SMILES string of the molecule is Cc1ccc(C(=O)Nc2cccc(C(=O)NCC(N)=O)c2)cn1. The highest BCUT2D eigenvalue weighted by Crippen LogP contribution is 2.12. The van der Waals surface area contributed by atoms with E-state index in [1.807, 2.05) is 6.92 Å². The van der Waals surface area contributed by atoms with Crippen molar-refractivity contribution in [1.29, 1.82) is 0 Å². The number of carbonyl (C=O) groups excluding carboxylic acids is 3. The number of nitrogens with zero attached hydrogens (tertiary/aromatic N) is 1. The largest absolute Gasteiger partial charge is 0.368 e. The number of rotatable bonds is 5. The number of nitrogens with one attached hydrogen (secondary N) is 2. The first kappa shape index (κ1) is 16.2. The molecule has 1 aromatic heterocycles. The molecular weight excluding hydrogens is 296 g/mol. The number of aromatic nitrogens is 1. The predicted molar refractivity (Wildman–Crippen MR) is 84.9 cm³/mol. The molecule has 4 N–H and O–H groups in total. The number of primary amides is 1. The predicted octanol–water partition coefficient (Wildman–Crippen LogP) is 0.857. The summed E-state index contributed by atoms with van der Waals surface area (Å²) in [5, 5.41) is 5.07. The Kier molecular flexibility index (Phi) is 5.03. The Balaban J connectivity index is 2.07. The van der Waals surface area contributed by atoms with E-state index < -0.39 is 11.8 Å². The molecule has 0 spiro atoms. The van der Waals surface area contributed by atoms with Gasteiger partial charge in [0.15, 0.2) is 0 Å². The Morgan fingerprint density at radius 3 is 2.52 bits per heavy atom. The first-order chi connectivity index (χ1) is 11.0. The Bertz CT molecular complexity index is 741. The van der Waals surface area contributed by atoms with Gasteiger partial charge in [0.05, 0.1) is 12.1 Å². The summed E-state index contributed by atoms with van der Waals surface area (Å²) in [5.74, 6) is -1.40. The smallest absolute Gasteiger partial charge is 0.257 e. The molecular formula is C16H16N4O3. The normalized spacial score (nSPS) is 9.96. The van der Waals surface area contributed by atoms with Gasteiger partial charge in [0, 0.05) is 23.1 Å². The molecule has 2 rings (SSSR count). The molecule has 0 bridgehead atoms. The van der Waals surface area contributed by atoms with Crippen LogP contribution in [0.2, 0.25) is 0 Å². The first-order valence-electron chi connectivity index (χ1n) is 6.86. The molecule has 0 unspecified atom stereocenters. The molecule has 7 nitrogen and oxygen atoms in total. The first-order valence-corrected chi connectivity index (χ1v) is 6.86. The molecule has 1 aromatic carbocycles. The Hall–Kier alpha value is -3.22. The molecule has 0 aliphatic rings. The average Bonchev–Trinajstić information content (AvgIpc) is 2.53. The average molecular weight is 312 g/mol. The van der Waals surface area contributed by atoms with Crippen LogP contribution in [0.3, 0.4) is 0 Å². The Morgan fingerprint density at radius 1 is 1.09 bits per heavy atom. The highest BCUT2D eigenvalue weighted by molar-refractivity contribution is 6.05. The number of hydrogen-bond acceptors (Lipinski definition) is 4. The molecule has 2 aromatic rings. The third-order valence-corrected chi connectivity index (χ3v) is 2.98. The van der Waals surface area contributed by atoms with Gasteiger partial charge >= 0.3 is 0 Å². The minimum absolute atomic E-state index is 0.246. The van der Waals surface area contributed by atoms with Crippen molar-refractivity contribution in [3.63, 3.8) is 0 Å². The fourth-order valence-electron chi connectivity index (χ4n) is 1.81. The van der Waals surface area contributed by atoms with Gasteiger partial charge in [0.1, 0.15) is 0 Å². The molecule has 0 radical (unpaired) electrons. The van der Waals surface area contributed by atoms with E-state index in [2.05, 4.69) is 15.6 Å². The zero-order valence-corrected chi connectivity index (χ0v) is 12.5. The molecule has 0 aliphatic carbocycles. The monoisotopic (exact) mass is 312 g/mol. The highest BCUT2D eigenvalue weighted by Gasteiger charge is 2.10. The molecule has 0 saturated heterocycles. The van der Waals surface area contributed by atoms with Crippen LogP contribution in [0, 0.1) is 6.92 Å². The van der Waals surface area contributed by atoms with E-state index in [0.29, 0.717) is 16.8 Å². The van der Waals surface area contributed by atoms with Crippen molar-refractivity contribution in [3.05, 3.63) is 59.4 Å². The third-order valence-electron chi connectivity index (χ3n) is 2.98. The van der Waals surface area contributed by atoms with E-state index in [1.54, 1.807) is 30.3 Å². The maximum Gasteiger partial charge on any atom is 0.257 e. The second kappa shape index (κ2) is 7.17. The van der Waals surface area contributed by atoms with Crippen LogP contribution in [0.4, 0.5) is 5.69 Å². The topological polar surface area (TPSA) is 114 Å². The van der Waals surface area contributed by atoms with Gasteiger partial charge in [0.2, 0.25) is 5.91 Å². The number of nitrogens with two attached hydrogens (primary N) is 1. The molecule has 0 aliphatic heterocycles. The lowest BCUT2D eigenvalue weighted by Gasteiger charge is -2.08. The lowest BCUT2D eigenvalue weighted by Crippen LogP contribution is -2.33. The summed E-state index contributed by atoms with van der Waals surface area (Å²) in [6.07, 6.45) is 1.48. The Morgan fingerprint density at radius 2 is 1.87 bits per heavy atom. The van der Waals surface area contributed by atoms with Gasteiger partial charge in [-0.2, -0.15) is 0 Å². The number of hydrogen-bond donors (Lipinski definition) is 3. The van der Waals surface area contributed by atoms with E-state index in [9.17, 15) is 14.4 Å². The number of benzene rings is 1. The minimum Gasteiger partial charge on any atom is -0.368 e. The van der Waals surface area contributed by atoms with Gasteiger partial charge < -0.3 is 16.4 Å². The van der Waals surface area contributed by atoms with Crippen molar-refractivity contribution < 1.29 is 14.4 Å². The quantitative estimate of drug-likeness (QED) is 0.759. The van der Waals surface area contributed by atoms with Crippen LogP contribution in [0.5, 0.6) is 0 Å². The van der Waals surface area contributed by atoms with E-state index in [-0.39, 0.29) is 12.5 Å². The van der Waals surface area contributed by atoms with Crippen LogP contribution in [0.15, 0.2) is 42.6 Å². The molecule has 1 heterocycles. The van der Waals surface area contributed by atoms with Crippen LogP contribution < -0.4 is 16.4 Å². The third kappa shape index (κ3) is 4.63. The van der Waals surface area contributed by atoms with E-state index >= 15 is 0 Å². The van der Waals surface area contributed by atoms with Crippen LogP contribution in [-0.4, -0.2) is 29.3 Å². The number of carbonyl (C=O) groups is 3. The van der Waals surface area contributed by atoms with E-state index in [4.69, 9.17) is 5.73 Å². The van der Waals surface area contributed by atoms with Crippen molar-refractivity contribution in [2.75, 3.05) is 11.9 Å². The summed E-state index contributed by atoms with van der Waals surface area (Å²) < 4.78 is 0. The molecule has 0 saturated carbocycles. The summed E-state index contributed by atoms with van der Waals surface area (Å²) >= 11 is 0. The number of pyridine rings is 1. The minimum atomic E-state index is -0.630. The zero-order chi connectivity index (χ0) is 16.8. The fraction of sp³-hybridized carbons (Fsp3) is 0.125. The lowest BCUT2D eigenvalue weighted by molar-refractivity contribution is -0.117.